The largest absolute Gasteiger partial charge is 0.445 e. The van der Waals surface area contributed by atoms with E-state index in [9.17, 15) is 9.59 Å². The van der Waals surface area contributed by atoms with Crippen LogP contribution in [0.2, 0.25) is 0 Å². The number of rotatable bonds is 8. The fourth-order valence-corrected chi connectivity index (χ4v) is 3.13. The molecule has 1 aliphatic rings. The van der Waals surface area contributed by atoms with Gasteiger partial charge in [0.05, 0.1) is 19.3 Å². The number of benzene rings is 1. The van der Waals surface area contributed by atoms with Crippen LogP contribution < -0.4 is 5.32 Å². The van der Waals surface area contributed by atoms with Gasteiger partial charge in [0.15, 0.2) is 0 Å². The second kappa shape index (κ2) is 10.9. The van der Waals surface area contributed by atoms with Gasteiger partial charge in [0, 0.05) is 12.6 Å². The third-order valence-electron chi connectivity index (χ3n) is 4.41. The van der Waals surface area contributed by atoms with E-state index in [1.165, 1.54) is 0 Å². The lowest BCUT2D eigenvalue weighted by Gasteiger charge is -2.28. The number of alkyl carbamates (subject to hydrolysis) is 1. The summed E-state index contributed by atoms with van der Waals surface area (Å²) in [4.78, 5) is 26.2. The molecule has 1 N–H and O–H groups in total. The third kappa shape index (κ3) is 8.15. The smallest absolute Gasteiger partial charge is 0.410 e. The van der Waals surface area contributed by atoms with Crippen LogP contribution in [-0.2, 0) is 20.8 Å². The van der Waals surface area contributed by atoms with Gasteiger partial charge < -0.3 is 24.4 Å². The number of likely N-dealkylation sites (tertiary alicyclic amines) is 1. The van der Waals surface area contributed by atoms with E-state index in [2.05, 4.69) is 11.9 Å². The van der Waals surface area contributed by atoms with Crippen molar-refractivity contribution in [2.75, 3.05) is 19.7 Å². The Balaban J connectivity index is 1.82. The van der Waals surface area contributed by atoms with E-state index in [1.807, 2.05) is 51.1 Å². The first-order valence-electron chi connectivity index (χ1n) is 9.95. The summed E-state index contributed by atoms with van der Waals surface area (Å²) < 4.78 is 16.5. The molecular formula is C22H32N2O5. The molecule has 1 aromatic rings. The van der Waals surface area contributed by atoms with Crippen molar-refractivity contribution in [3.05, 3.63) is 48.6 Å². The van der Waals surface area contributed by atoms with E-state index in [0.29, 0.717) is 32.5 Å². The Morgan fingerprint density at radius 3 is 2.66 bits per heavy atom. The summed E-state index contributed by atoms with van der Waals surface area (Å²) in [6, 6.07) is 9.42. The lowest BCUT2D eigenvalue weighted by molar-refractivity contribution is 0.0180. The number of amides is 2. The number of hydrogen-bond donors (Lipinski definition) is 1. The van der Waals surface area contributed by atoms with Crippen molar-refractivity contribution in [3.8, 4) is 0 Å². The number of carbonyl (C=O) groups is 2. The van der Waals surface area contributed by atoms with E-state index in [-0.39, 0.29) is 24.8 Å². The molecule has 0 spiro atoms. The van der Waals surface area contributed by atoms with Gasteiger partial charge in [-0.15, -0.1) is 6.58 Å². The molecule has 29 heavy (non-hydrogen) atoms. The molecule has 0 aliphatic carbocycles. The Kier molecular flexibility index (Phi) is 8.51. The molecule has 0 aromatic heterocycles. The van der Waals surface area contributed by atoms with Crippen LogP contribution in [0.15, 0.2) is 43.0 Å². The van der Waals surface area contributed by atoms with Crippen LogP contribution in [0.1, 0.15) is 39.2 Å². The molecule has 1 fully saturated rings. The van der Waals surface area contributed by atoms with Crippen LogP contribution in [0.25, 0.3) is 0 Å². The van der Waals surface area contributed by atoms with Gasteiger partial charge in [-0.2, -0.15) is 0 Å². The predicted octanol–water partition coefficient (Wildman–Crippen LogP) is 3.88. The zero-order valence-electron chi connectivity index (χ0n) is 17.6. The van der Waals surface area contributed by atoms with Crippen LogP contribution in [-0.4, -0.2) is 54.5 Å². The summed E-state index contributed by atoms with van der Waals surface area (Å²) in [5, 5.41) is 2.75. The van der Waals surface area contributed by atoms with Gasteiger partial charge in [0.25, 0.3) is 0 Å². The van der Waals surface area contributed by atoms with Crippen LogP contribution in [0.3, 0.4) is 0 Å². The lowest BCUT2D eigenvalue weighted by Crippen LogP contribution is -2.41. The highest BCUT2D eigenvalue weighted by Gasteiger charge is 2.37. The monoisotopic (exact) mass is 404 g/mol. The third-order valence-corrected chi connectivity index (χ3v) is 4.41. The molecular weight excluding hydrogens is 372 g/mol. The number of carbonyl (C=O) groups excluding carboxylic acids is 2. The van der Waals surface area contributed by atoms with Crippen molar-refractivity contribution in [1.82, 2.24) is 10.2 Å². The molecule has 1 saturated heterocycles. The molecule has 2 unspecified atom stereocenters. The molecule has 1 aliphatic heterocycles. The average molecular weight is 405 g/mol. The molecule has 7 nitrogen and oxygen atoms in total. The fourth-order valence-electron chi connectivity index (χ4n) is 3.13. The van der Waals surface area contributed by atoms with Crippen molar-refractivity contribution in [2.45, 2.75) is 58.0 Å². The molecule has 2 amide bonds. The Bertz CT molecular complexity index is 672. The van der Waals surface area contributed by atoms with Gasteiger partial charge in [-0.1, -0.05) is 36.4 Å². The van der Waals surface area contributed by atoms with E-state index >= 15 is 0 Å². The first-order chi connectivity index (χ1) is 13.8. The first-order valence-corrected chi connectivity index (χ1v) is 9.95. The standard InChI is InChI=1S/C22H32N2O5/c1-5-13-27-19-14-18(24(15-19)21(26)29-22(2,3)4)11-12-23-20(25)28-16-17-9-7-6-8-10-17/h5-10,18-19H,1,11-16H2,2-4H3,(H,23,25). The van der Waals surface area contributed by atoms with Crippen molar-refractivity contribution in [3.63, 3.8) is 0 Å². The molecule has 2 atom stereocenters. The minimum absolute atomic E-state index is 0.0736. The average Bonchev–Trinajstić information content (AvgIpc) is 3.07. The SMILES string of the molecule is C=CCOC1CC(CCNC(=O)OCc2ccccc2)N(C(=O)OC(C)(C)C)C1. The van der Waals surface area contributed by atoms with Crippen molar-refractivity contribution in [1.29, 1.82) is 0 Å². The molecule has 7 heteroatoms. The van der Waals surface area contributed by atoms with Gasteiger partial charge in [0.2, 0.25) is 0 Å². The molecule has 0 saturated carbocycles. The van der Waals surface area contributed by atoms with Crippen LogP contribution in [0.4, 0.5) is 9.59 Å². The maximum absolute atomic E-state index is 12.6. The Labute approximate surface area is 173 Å². The molecule has 0 radical (unpaired) electrons. The zero-order chi connectivity index (χ0) is 21.3. The zero-order valence-corrected chi connectivity index (χ0v) is 17.6. The van der Waals surface area contributed by atoms with E-state index in [0.717, 1.165) is 5.56 Å². The van der Waals surface area contributed by atoms with E-state index < -0.39 is 11.7 Å². The second-order valence-electron chi connectivity index (χ2n) is 8.04. The molecule has 2 rings (SSSR count). The summed E-state index contributed by atoms with van der Waals surface area (Å²) in [6.45, 7) is 10.7. The van der Waals surface area contributed by atoms with Gasteiger partial charge in [0.1, 0.15) is 12.2 Å². The van der Waals surface area contributed by atoms with Gasteiger partial charge >= 0.3 is 12.2 Å². The second-order valence-corrected chi connectivity index (χ2v) is 8.04. The summed E-state index contributed by atoms with van der Waals surface area (Å²) >= 11 is 0. The number of hydrogen-bond acceptors (Lipinski definition) is 5. The normalized spacial score (nSPS) is 18.9. The summed E-state index contributed by atoms with van der Waals surface area (Å²) in [7, 11) is 0. The molecule has 0 bridgehead atoms. The van der Waals surface area contributed by atoms with Gasteiger partial charge in [-0.25, -0.2) is 9.59 Å². The minimum atomic E-state index is -0.568. The number of nitrogens with zero attached hydrogens (tertiary/aromatic N) is 1. The summed E-state index contributed by atoms with van der Waals surface area (Å²) in [5.74, 6) is 0. The van der Waals surface area contributed by atoms with Crippen molar-refractivity contribution in [2.24, 2.45) is 0 Å². The van der Waals surface area contributed by atoms with Crippen molar-refractivity contribution >= 4 is 12.2 Å². The highest BCUT2D eigenvalue weighted by atomic mass is 16.6. The quantitative estimate of drug-likeness (QED) is 0.665. The topological polar surface area (TPSA) is 77.1 Å². The Hall–Kier alpha value is -2.54. The van der Waals surface area contributed by atoms with E-state index in [1.54, 1.807) is 11.0 Å². The lowest BCUT2D eigenvalue weighted by atomic mass is 10.1. The highest BCUT2D eigenvalue weighted by molar-refractivity contribution is 5.69. The minimum Gasteiger partial charge on any atom is -0.445 e. The first kappa shape index (κ1) is 22.7. The van der Waals surface area contributed by atoms with Gasteiger partial charge in [-0.05, 0) is 39.2 Å². The molecule has 1 heterocycles. The highest BCUT2D eigenvalue weighted by Crippen LogP contribution is 2.25. The van der Waals surface area contributed by atoms with Crippen LogP contribution >= 0.6 is 0 Å². The number of nitrogens with one attached hydrogen (secondary N) is 1. The molecule has 1 aromatic carbocycles. The van der Waals surface area contributed by atoms with Crippen LogP contribution in [0.5, 0.6) is 0 Å². The van der Waals surface area contributed by atoms with Crippen molar-refractivity contribution < 1.29 is 23.8 Å². The maximum atomic E-state index is 12.6. The Morgan fingerprint density at radius 2 is 2.00 bits per heavy atom. The summed E-state index contributed by atoms with van der Waals surface area (Å²) in [6.07, 6.45) is 2.06. The fraction of sp³-hybridized carbons (Fsp3) is 0.545. The molecule has 160 valence electrons. The van der Waals surface area contributed by atoms with Gasteiger partial charge in [-0.3, -0.25) is 0 Å². The van der Waals surface area contributed by atoms with E-state index in [4.69, 9.17) is 14.2 Å². The number of ether oxygens (including phenoxy) is 3. The Morgan fingerprint density at radius 1 is 1.28 bits per heavy atom. The predicted molar refractivity (Wildman–Crippen MR) is 111 cm³/mol. The van der Waals surface area contributed by atoms with Crippen LogP contribution in [0, 0.1) is 0 Å². The summed E-state index contributed by atoms with van der Waals surface area (Å²) in [5.41, 5.74) is 0.359. The maximum Gasteiger partial charge on any atom is 0.410 e.